The van der Waals surface area contributed by atoms with Crippen LogP contribution in [0.15, 0.2) is 11.2 Å². The lowest BCUT2D eigenvalue weighted by Gasteiger charge is -2.17. The molecule has 13 heteroatoms. The zero-order valence-electron chi connectivity index (χ0n) is 14.3. The molecule has 0 aromatic carbocycles. The van der Waals surface area contributed by atoms with E-state index in [1.807, 2.05) is 0 Å². The molecule has 0 fully saturated rings. The summed E-state index contributed by atoms with van der Waals surface area (Å²) in [6.45, 7) is 0.883. The van der Waals surface area contributed by atoms with Gasteiger partial charge in [0.1, 0.15) is 18.6 Å². The molecular formula is C14H21N3O9S. The van der Waals surface area contributed by atoms with E-state index in [0.29, 0.717) is 0 Å². The predicted molar refractivity (Wildman–Crippen MR) is 92.6 cm³/mol. The van der Waals surface area contributed by atoms with E-state index in [0.717, 1.165) is 17.2 Å². The Labute approximate surface area is 158 Å². The summed E-state index contributed by atoms with van der Waals surface area (Å²) >= 11 is 0.770. The van der Waals surface area contributed by atoms with Gasteiger partial charge in [0.2, 0.25) is 17.6 Å². The monoisotopic (exact) mass is 407 g/mol. The van der Waals surface area contributed by atoms with Gasteiger partial charge in [0.05, 0.1) is 13.0 Å². The number of esters is 1. The third-order valence-electron chi connectivity index (χ3n) is 2.73. The number of hydrogen-bond donors (Lipinski definition) is 6. The summed E-state index contributed by atoms with van der Waals surface area (Å²) in [7, 11) is 0. The number of aliphatic hydroxyl groups is 1. The first-order valence-corrected chi connectivity index (χ1v) is 8.58. The lowest BCUT2D eigenvalue weighted by Crippen LogP contribution is -2.50. The van der Waals surface area contributed by atoms with E-state index < -0.39 is 60.5 Å². The lowest BCUT2D eigenvalue weighted by atomic mass is 10.2. The van der Waals surface area contributed by atoms with Gasteiger partial charge >= 0.3 is 17.9 Å². The topological polar surface area (TPSA) is 205 Å². The SMILES string of the molecule is CCOC(=O)/C(O)=C/SCC(NC(=O)CC(N)C(=O)O)C(=O)NCC(=O)O. The molecule has 0 saturated heterocycles. The van der Waals surface area contributed by atoms with E-state index in [2.05, 4.69) is 15.4 Å². The van der Waals surface area contributed by atoms with E-state index in [1.165, 1.54) is 0 Å². The van der Waals surface area contributed by atoms with Crippen molar-refractivity contribution in [1.29, 1.82) is 0 Å². The zero-order chi connectivity index (χ0) is 21.0. The Kier molecular flexibility index (Phi) is 11.2. The van der Waals surface area contributed by atoms with Crippen molar-refractivity contribution in [3.05, 3.63) is 11.2 Å². The minimum Gasteiger partial charge on any atom is -0.501 e. The van der Waals surface area contributed by atoms with Crippen molar-refractivity contribution in [2.24, 2.45) is 5.73 Å². The molecule has 0 rings (SSSR count). The van der Waals surface area contributed by atoms with Gasteiger partial charge in [-0.25, -0.2) is 4.79 Å². The summed E-state index contributed by atoms with van der Waals surface area (Å²) in [5, 5.41) is 32.0. The molecule has 0 aliphatic heterocycles. The summed E-state index contributed by atoms with van der Waals surface area (Å²) in [4.78, 5) is 56.2. The molecule has 2 amide bonds. The molecule has 152 valence electrons. The van der Waals surface area contributed by atoms with Crippen molar-refractivity contribution in [2.45, 2.75) is 25.4 Å². The number of ether oxygens (including phenoxy) is 1. The Hall–Kier alpha value is -2.80. The molecule has 0 heterocycles. The molecule has 0 radical (unpaired) electrons. The number of nitrogens with two attached hydrogens (primary N) is 1. The van der Waals surface area contributed by atoms with Crippen molar-refractivity contribution in [1.82, 2.24) is 10.6 Å². The van der Waals surface area contributed by atoms with E-state index in [1.54, 1.807) is 6.92 Å². The normalized spacial score (nSPS) is 13.2. The van der Waals surface area contributed by atoms with Crippen LogP contribution in [0.25, 0.3) is 0 Å². The highest BCUT2D eigenvalue weighted by Crippen LogP contribution is 2.09. The maximum absolute atomic E-state index is 12.0. The third-order valence-corrected chi connectivity index (χ3v) is 3.65. The summed E-state index contributed by atoms with van der Waals surface area (Å²) in [5.41, 5.74) is 5.23. The van der Waals surface area contributed by atoms with Gasteiger partial charge in [0, 0.05) is 11.2 Å². The van der Waals surface area contributed by atoms with E-state index in [4.69, 9.17) is 15.9 Å². The number of hydrogen-bond acceptors (Lipinski definition) is 9. The van der Waals surface area contributed by atoms with Gasteiger partial charge in [-0.15, -0.1) is 11.8 Å². The van der Waals surface area contributed by atoms with Crippen molar-refractivity contribution >= 4 is 41.5 Å². The van der Waals surface area contributed by atoms with Crippen molar-refractivity contribution < 1.29 is 44.0 Å². The maximum Gasteiger partial charge on any atom is 0.373 e. The van der Waals surface area contributed by atoms with Crippen molar-refractivity contribution in [3.63, 3.8) is 0 Å². The standard InChI is InChI=1S/C14H21N3O9S/c1-2-26-14(25)9(18)6-27-5-8(12(22)16-4-11(20)21)17-10(19)3-7(15)13(23)24/h6-8,18H,2-5,15H2,1H3,(H,16,22)(H,17,19)(H,20,21)(H,23,24)/b9-6-. The fraction of sp³-hybridized carbons (Fsp3) is 0.500. The Morgan fingerprint density at radius 2 is 1.81 bits per heavy atom. The molecule has 0 saturated carbocycles. The van der Waals surface area contributed by atoms with Crippen LogP contribution >= 0.6 is 11.8 Å². The second kappa shape index (κ2) is 12.5. The Balaban J connectivity index is 4.92. The third kappa shape index (κ3) is 10.7. The molecule has 0 spiro atoms. The predicted octanol–water partition coefficient (Wildman–Crippen LogP) is -1.83. The summed E-state index contributed by atoms with van der Waals surface area (Å²) in [6, 6.07) is -2.75. The van der Waals surface area contributed by atoms with E-state index >= 15 is 0 Å². The number of rotatable bonds is 12. The fourth-order valence-electron chi connectivity index (χ4n) is 1.49. The first-order chi connectivity index (χ1) is 12.6. The van der Waals surface area contributed by atoms with Crippen LogP contribution in [-0.2, 0) is 28.7 Å². The highest BCUT2D eigenvalue weighted by molar-refractivity contribution is 8.02. The number of nitrogens with one attached hydrogen (secondary N) is 2. The highest BCUT2D eigenvalue weighted by atomic mass is 32.2. The van der Waals surface area contributed by atoms with Crippen LogP contribution < -0.4 is 16.4 Å². The Bertz CT molecular complexity index is 609. The van der Waals surface area contributed by atoms with Crippen LogP contribution in [0.3, 0.4) is 0 Å². The van der Waals surface area contributed by atoms with E-state index in [9.17, 15) is 29.1 Å². The second-order valence-electron chi connectivity index (χ2n) is 4.94. The molecule has 12 nitrogen and oxygen atoms in total. The molecule has 0 aromatic rings. The highest BCUT2D eigenvalue weighted by Gasteiger charge is 2.24. The average Bonchev–Trinajstić information content (AvgIpc) is 2.58. The summed E-state index contributed by atoms with van der Waals surface area (Å²) < 4.78 is 4.55. The quantitative estimate of drug-likeness (QED) is 0.120. The van der Waals surface area contributed by atoms with Gasteiger partial charge in [-0.05, 0) is 6.92 Å². The summed E-state index contributed by atoms with van der Waals surface area (Å²) in [6.07, 6.45) is -0.605. The van der Waals surface area contributed by atoms with Crippen LogP contribution in [0, 0.1) is 0 Å². The van der Waals surface area contributed by atoms with Crippen LogP contribution in [0.5, 0.6) is 0 Å². The van der Waals surface area contributed by atoms with Crippen LogP contribution in [-0.4, -0.2) is 76.0 Å². The first-order valence-electron chi connectivity index (χ1n) is 7.53. The smallest absolute Gasteiger partial charge is 0.373 e. The molecular weight excluding hydrogens is 386 g/mol. The molecule has 27 heavy (non-hydrogen) atoms. The van der Waals surface area contributed by atoms with Gasteiger partial charge in [-0.1, -0.05) is 0 Å². The Morgan fingerprint density at radius 3 is 2.33 bits per heavy atom. The number of amides is 2. The molecule has 2 atom stereocenters. The second-order valence-corrected chi connectivity index (χ2v) is 5.84. The zero-order valence-corrected chi connectivity index (χ0v) is 15.2. The molecule has 0 aliphatic carbocycles. The average molecular weight is 407 g/mol. The minimum absolute atomic E-state index is 0.0432. The number of carboxylic acids is 2. The van der Waals surface area contributed by atoms with Crippen molar-refractivity contribution in [3.8, 4) is 0 Å². The van der Waals surface area contributed by atoms with Crippen LogP contribution in [0.2, 0.25) is 0 Å². The summed E-state index contributed by atoms with van der Waals surface area (Å²) in [5.74, 6) is -6.31. The number of aliphatic hydroxyl groups excluding tert-OH is 1. The molecule has 0 aromatic heterocycles. The molecule has 7 N–H and O–H groups in total. The first kappa shape index (κ1) is 24.2. The fourth-order valence-corrected chi connectivity index (χ4v) is 2.26. The van der Waals surface area contributed by atoms with Gasteiger partial charge < -0.3 is 36.4 Å². The largest absolute Gasteiger partial charge is 0.501 e. The van der Waals surface area contributed by atoms with Crippen molar-refractivity contribution in [2.75, 3.05) is 18.9 Å². The number of carbonyl (C=O) groups is 5. The van der Waals surface area contributed by atoms with Gasteiger partial charge in [-0.2, -0.15) is 0 Å². The lowest BCUT2D eigenvalue weighted by molar-refractivity contribution is -0.141. The molecule has 0 bridgehead atoms. The number of carboxylic acid groups (broad SMARTS) is 2. The van der Waals surface area contributed by atoms with Gasteiger partial charge in [-0.3, -0.25) is 19.2 Å². The molecule has 2 unspecified atom stereocenters. The Morgan fingerprint density at radius 1 is 1.19 bits per heavy atom. The van der Waals surface area contributed by atoms with Crippen LogP contribution in [0.4, 0.5) is 0 Å². The van der Waals surface area contributed by atoms with Gasteiger partial charge in [0.25, 0.3) is 0 Å². The van der Waals surface area contributed by atoms with E-state index in [-0.39, 0.29) is 12.4 Å². The number of thioether (sulfide) groups is 1. The number of carbonyl (C=O) groups excluding carboxylic acids is 3. The molecule has 0 aliphatic rings. The minimum atomic E-state index is -1.48. The van der Waals surface area contributed by atoms with Gasteiger partial charge in [0.15, 0.2) is 0 Å². The number of aliphatic carboxylic acids is 2. The van der Waals surface area contributed by atoms with Crippen LogP contribution in [0.1, 0.15) is 13.3 Å². The maximum atomic E-state index is 12.0.